The van der Waals surface area contributed by atoms with E-state index < -0.39 is 5.97 Å². The predicted molar refractivity (Wildman–Crippen MR) is 85.9 cm³/mol. The summed E-state index contributed by atoms with van der Waals surface area (Å²) in [4.78, 5) is 11.9. The third-order valence-corrected chi connectivity index (χ3v) is 3.52. The van der Waals surface area contributed by atoms with E-state index in [0.29, 0.717) is 22.7 Å². The molecule has 1 aromatic heterocycles. The highest BCUT2D eigenvalue weighted by Crippen LogP contribution is 2.19. The summed E-state index contributed by atoms with van der Waals surface area (Å²) in [5.41, 5.74) is 1.12. The van der Waals surface area contributed by atoms with Crippen LogP contribution in [-0.4, -0.2) is 17.6 Å². The van der Waals surface area contributed by atoms with Crippen molar-refractivity contribution in [3.63, 3.8) is 0 Å². The summed E-state index contributed by atoms with van der Waals surface area (Å²) < 4.78 is 21.4. The first-order valence-corrected chi connectivity index (χ1v) is 7.29. The number of hydrogen-bond acceptors (Lipinski definition) is 2. The monoisotopic (exact) mass is 335 g/mol. The maximum atomic E-state index is 12.9. The van der Waals surface area contributed by atoms with Gasteiger partial charge in [-0.3, -0.25) is 0 Å². The van der Waals surface area contributed by atoms with Crippen molar-refractivity contribution >= 4 is 22.6 Å². The Bertz CT molecular complexity index is 748. The second kappa shape index (κ2) is 7.74. The first-order valence-electron chi connectivity index (χ1n) is 6.91. The zero-order chi connectivity index (χ0) is 16.8. The van der Waals surface area contributed by atoms with Crippen LogP contribution in [0.5, 0.6) is 0 Å². The van der Waals surface area contributed by atoms with Gasteiger partial charge < -0.3 is 4.74 Å². The first kappa shape index (κ1) is 17.0. The maximum absolute atomic E-state index is 12.9. The number of halogens is 2. The lowest BCUT2D eigenvalue weighted by Gasteiger charge is -2.03. The molecule has 0 bridgehead atoms. The smallest absolute Gasteiger partial charge is 0.337 e. The Morgan fingerprint density at radius 2 is 2.04 bits per heavy atom. The molecule has 2 rings (SSSR count). The van der Waals surface area contributed by atoms with E-state index in [4.69, 9.17) is 16.3 Å². The molecule has 0 aliphatic rings. The lowest BCUT2D eigenvalue weighted by atomic mass is 10.1. The molecule has 1 heterocycles. The van der Waals surface area contributed by atoms with Gasteiger partial charge in [-0.05, 0) is 29.8 Å². The number of benzene rings is 1. The molecule has 0 unspecified atom stereocenters. The summed E-state index contributed by atoms with van der Waals surface area (Å²) in [6, 6.07) is 5.81. The van der Waals surface area contributed by atoms with Gasteiger partial charge in [0.2, 0.25) is 6.33 Å². The Balaban J connectivity index is 2.23. The molecule has 1 aromatic carbocycles. The molecule has 2 aromatic rings. The molecule has 4 nitrogen and oxygen atoms in total. The number of aromatic nitrogens is 2. The Labute approximate surface area is 139 Å². The van der Waals surface area contributed by atoms with E-state index in [1.165, 1.54) is 19.2 Å². The van der Waals surface area contributed by atoms with Crippen LogP contribution in [-0.2, 0) is 23.1 Å². The molecule has 0 fully saturated rings. The Morgan fingerprint density at radius 3 is 2.61 bits per heavy atom. The van der Waals surface area contributed by atoms with Crippen molar-refractivity contribution in [3.05, 3.63) is 72.1 Å². The minimum atomic E-state index is -0.429. The van der Waals surface area contributed by atoms with Crippen molar-refractivity contribution < 1.29 is 18.5 Å². The molecule has 6 heteroatoms. The summed E-state index contributed by atoms with van der Waals surface area (Å²) in [5, 5.41) is 0.407. The third-order valence-electron chi connectivity index (χ3n) is 3.18. The van der Waals surface area contributed by atoms with E-state index >= 15 is 0 Å². The molecule has 0 N–H and O–H groups in total. The molecule has 0 aliphatic carbocycles. The zero-order valence-electron chi connectivity index (χ0n) is 12.9. The molecule has 0 saturated heterocycles. The summed E-state index contributed by atoms with van der Waals surface area (Å²) in [5.74, 6) is -0.759. The number of carbonyl (C=O) groups is 1. The van der Waals surface area contributed by atoms with Crippen molar-refractivity contribution in [1.29, 1.82) is 0 Å². The van der Waals surface area contributed by atoms with E-state index in [-0.39, 0.29) is 5.82 Å². The van der Waals surface area contributed by atoms with Gasteiger partial charge in [-0.2, -0.15) is 0 Å². The molecular weight excluding hydrogens is 319 g/mol. The summed E-state index contributed by atoms with van der Waals surface area (Å²) in [6.07, 6.45) is 8.78. The number of nitrogens with zero attached hydrogens (tertiary/aromatic N) is 2. The molecular formula is C17H17ClFN2O2+. The molecule has 0 atom stereocenters. The standard InChI is InChI=1S/C17H17ClFN2O2/c1-20-9-10-21(12-20)11-14(17(22)23-2)5-8-16(18)13-3-6-15(19)7-4-13/h3-10,12H,11H2,1-2H3/q+1/b14-5+,16-8-. The van der Waals surface area contributed by atoms with Gasteiger partial charge in [0.15, 0.2) is 0 Å². The van der Waals surface area contributed by atoms with Crippen molar-refractivity contribution in [2.45, 2.75) is 6.54 Å². The molecule has 23 heavy (non-hydrogen) atoms. The number of rotatable bonds is 5. The number of esters is 1. The van der Waals surface area contributed by atoms with Crippen LogP contribution in [0.1, 0.15) is 5.56 Å². The van der Waals surface area contributed by atoms with E-state index in [1.54, 1.807) is 24.3 Å². The number of ether oxygens (including phenoxy) is 1. The summed E-state index contributed by atoms with van der Waals surface area (Å²) >= 11 is 6.19. The molecule has 0 amide bonds. The lowest BCUT2D eigenvalue weighted by molar-refractivity contribution is -0.671. The van der Waals surface area contributed by atoms with Crippen LogP contribution in [0, 0.1) is 5.82 Å². The molecule has 0 radical (unpaired) electrons. The van der Waals surface area contributed by atoms with Crippen LogP contribution in [0.15, 0.2) is 60.7 Å². The Morgan fingerprint density at radius 1 is 1.35 bits per heavy atom. The van der Waals surface area contributed by atoms with Crippen LogP contribution < -0.4 is 4.57 Å². The van der Waals surface area contributed by atoms with Gasteiger partial charge in [0.25, 0.3) is 0 Å². The highest BCUT2D eigenvalue weighted by atomic mass is 35.5. The Kier molecular flexibility index (Phi) is 5.71. The minimum Gasteiger partial charge on any atom is -0.466 e. The number of aryl methyl sites for hydroxylation is 1. The van der Waals surface area contributed by atoms with Crippen LogP contribution in [0.3, 0.4) is 0 Å². The first-order chi connectivity index (χ1) is 11.0. The largest absolute Gasteiger partial charge is 0.466 e. The number of carbonyl (C=O) groups excluding carboxylic acids is 1. The lowest BCUT2D eigenvalue weighted by Crippen LogP contribution is -2.24. The number of allylic oxidation sites excluding steroid dienone is 2. The van der Waals surface area contributed by atoms with Crippen molar-refractivity contribution in [1.82, 2.24) is 4.57 Å². The second-order valence-electron chi connectivity index (χ2n) is 4.96. The van der Waals surface area contributed by atoms with Gasteiger partial charge in [-0.25, -0.2) is 18.3 Å². The van der Waals surface area contributed by atoms with Gasteiger partial charge in [-0.1, -0.05) is 23.7 Å². The fourth-order valence-corrected chi connectivity index (χ4v) is 2.18. The SMILES string of the molecule is COC(=O)/C(=C/C=C(\Cl)c1ccc(F)cc1)Cn1cc[n+](C)c1. The molecule has 120 valence electrons. The number of imidazole rings is 1. The van der Waals surface area contributed by atoms with Crippen LogP contribution >= 0.6 is 11.6 Å². The van der Waals surface area contributed by atoms with E-state index in [2.05, 4.69) is 0 Å². The average molecular weight is 336 g/mol. The van der Waals surface area contributed by atoms with Gasteiger partial charge in [-0.15, -0.1) is 0 Å². The van der Waals surface area contributed by atoms with E-state index in [9.17, 15) is 9.18 Å². The molecule has 0 spiro atoms. The zero-order valence-corrected chi connectivity index (χ0v) is 13.6. The molecule has 0 saturated carbocycles. The highest BCUT2D eigenvalue weighted by Gasteiger charge is 2.13. The summed E-state index contributed by atoms with van der Waals surface area (Å²) in [6.45, 7) is 0.359. The highest BCUT2D eigenvalue weighted by molar-refractivity contribution is 6.48. The minimum absolute atomic E-state index is 0.329. The van der Waals surface area contributed by atoms with E-state index in [0.717, 1.165) is 0 Å². The second-order valence-corrected chi connectivity index (χ2v) is 5.36. The van der Waals surface area contributed by atoms with Crippen molar-refractivity contribution in [2.75, 3.05) is 7.11 Å². The topological polar surface area (TPSA) is 35.1 Å². The number of methoxy groups -OCH3 is 1. The van der Waals surface area contributed by atoms with Crippen LogP contribution in [0.4, 0.5) is 4.39 Å². The molecule has 0 aliphatic heterocycles. The van der Waals surface area contributed by atoms with Gasteiger partial charge in [0, 0.05) is 5.03 Å². The average Bonchev–Trinajstić information content (AvgIpc) is 2.96. The van der Waals surface area contributed by atoms with Crippen molar-refractivity contribution in [3.8, 4) is 0 Å². The van der Waals surface area contributed by atoms with Gasteiger partial charge in [0.05, 0.1) is 19.7 Å². The number of hydrogen-bond donors (Lipinski definition) is 0. The maximum Gasteiger partial charge on any atom is 0.337 e. The van der Waals surface area contributed by atoms with Crippen LogP contribution in [0.2, 0.25) is 0 Å². The van der Waals surface area contributed by atoms with Gasteiger partial charge >= 0.3 is 5.97 Å². The fourth-order valence-electron chi connectivity index (χ4n) is 1.99. The predicted octanol–water partition coefficient (Wildman–Crippen LogP) is 2.83. The fraction of sp³-hybridized carbons (Fsp3) is 0.176. The quantitative estimate of drug-likeness (QED) is 0.364. The van der Waals surface area contributed by atoms with Crippen LogP contribution in [0.25, 0.3) is 5.03 Å². The van der Waals surface area contributed by atoms with Crippen molar-refractivity contribution in [2.24, 2.45) is 7.05 Å². The van der Waals surface area contributed by atoms with E-state index in [1.807, 2.05) is 34.9 Å². The normalized spacial score (nSPS) is 12.3. The third kappa shape index (κ3) is 4.79. The summed E-state index contributed by atoms with van der Waals surface area (Å²) in [7, 11) is 3.22. The van der Waals surface area contributed by atoms with Gasteiger partial charge in [0.1, 0.15) is 24.8 Å². The Hall–Kier alpha value is -2.40.